The van der Waals surface area contributed by atoms with Gasteiger partial charge in [0.15, 0.2) is 0 Å². The van der Waals surface area contributed by atoms with Crippen molar-refractivity contribution in [1.82, 2.24) is 15.5 Å². The van der Waals surface area contributed by atoms with E-state index in [1.54, 1.807) is 4.90 Å². The van der Waals surface area contributed by atoms with Gasteiger partial charge in [-0.05, 0) is 0 Å². The zero-order valence-corrected chi connectivity index (χ0v) is 8.82. The number of hydrogen-bond acceptors (Lipinski definition) is 4. The van der Waals surface area contributed by atoms with Gasteiger partial charge in [-0.3, -0.25) is 9.59 Å². The Kier molecular flexibility index (Phi) is 4.51. The largest absolute Gasteiger partial charge is 0.395 e. The standard InChI is InChI=1S/C9H17N3O3/c1-7(14)12-4-2-10-6-8(12)9(15)11-3-5-13/h8,10,13H,2-6H2,1H3,(H,11,15). The summed E-state index contributed by atoms with van der Waals surface area (Å²) in [5.41, 5.74) is 0. The highest BCUT2D eigenvalue weighted by Gasteiger charge is 2.29. The molecule has 1 fully saturated rings. The summed E-state index contributed by atoms with van der Waals surface area (Å²) in [6, 6.07) is -0.456. The van der Waals surface area contributed by atoms with Crippen LogP contribution < -0.4 is 10.6 Å². The Morgan fingerprint density at radius 2 is 2.33 bits per heavy atom. The molecule has 0 saturated carbocycles. The van der Waals surface area contributed by atoms with Gasteiger partial charge in [0.2, 0.25) is 11.8 Å². The van der Waals surface area contributed by atoms with E-state index >= 15 is 0 Å². The normalized spacial score (nSPS) is 21.2. The fourth-order valence-electron chi connectivity index (χ4n) is 1.61. The van der Waals surface area contributed by atoms with E-state index in [4.69, 9.17) is 5.11 Å². The summed E-state index contributed by atoms with van der Waals surface area (Å²) in [5, 5.41) is 14.2. The lowest BCUT2D eigenvalue weighted by Gasteiger charge is -2.34. The van der Waals surface area contributed by atoms with Gasteiger partial charge in [0.25, 0.3) is 0 Å². The molecule has 3 N–H and O–H groups in total. The van der Waals surface area contributed by atoms with Gasteiger partial charge >= 0.3 is 0 Å². The topological polar surface area (TPSA) is 81.7 Å². The molecule has 1 aliphatic heterocycles. The lowest BCUT2D eigenvalue weighted by Crippen LogP contribution is -2.59. The van der Waals surface area contributed by atoms with Crippen LogP contribution in [0.3, 0.4) is 0 Å². The van der Waals surface area contributed by atoms with Crippen molar-refractivity contribution in [2.45, 2.75) is 13.0 Å². The molecule has 6 heteroatoms. The lowest BCUT2D eigenvalue weighted by atomic mass is 10.1. The van der Waals surface area contributed by atoms with E-state index in [2.05, 4.69) is 10.6 Å². The van der Waals surface area contributed by atoms with Crippen molar-refractivity contribution in [3.63, 3.8) is 0 Å². The van der Waals surface area contributed by atoms with Crippen molar-refractivity contribution in [3.8, 4) is 0 Å². The Labute approximate surface area is 88.6 Å². The van der Waals surface area contributed by atoms with Crippen LogP contribution in [0.25, 0.3) is 0 Å². The molecule has 0 aromatic carbocycles. The molecule has 0 radical (unpaired) electrons. The molecule has 0 bridgehead atoms. The van der Waals surface area contributed by atoms with Crippen LogP contribution in [0.1, 0.15) is 6.92 Å². The highest BCUT2D eigenvalue weighted by Crippen LogP contribution is 2.03. The van der Waals surface area contributed by atoms with E-state index in [-0.39, 0.29) is 25.0 Å². The number of aliphatic hydroxyl groups excluding tert-OH is 1. The summed E-state index contributed by atoms with van der Waals surface area (Å²) in [4.78, 5) is 24.4. The maximum Gasteiger partial charge on any atom is 0.244 e. The van der Waals surface area contributed by atoms with Gasteiger partial charge in [-0.25, -0.2) is 0 Å². The van der Waals surface area contributed by atoms with Gasteiger partial charge in [-0.2, -0.15) is 0 Å². The van der Waals surface area contributed by atoms with E-state index in [1.165, 1.54) is 6.92 Å². The molecular weight excluding hydrogens is 198 g/mol. The van der Waals surface area contributed by atoms with Crippen LogP contribution in [0, 0.1) is 0 Å². The SMILES string of the molecule is CC(=O)N1CCNCC1C(=O)NCCO. The first-order chi connectivity index (χ1) is 7.16. The summed E-state index contributed by atoms with van der Waals surface area (Å²) in [6.45, 7) is 3.32. The molecule has 1 rings (SSSR count). The highest BCUT2D eigenvalue weighted by atomic mass is 16.3. The molecule has 6 nitrogen and oxygen atoms in total. The third-order valence-corrected chi connectivity index (χ3v) is 2.36. The second kappa shape index (κ2) is 5.67. The van der Waals surface area contributed by atoms with E-state index in [1.807, 2.05) is 0 Å². The number of amides is 2. The minimum absolute atomic E-state index is 0.0913. The minimum Gasteiger partial charge on any atom is -0.395 e. The minimum atomic E-state index is -0.456. The fourth-order valence-corrected chi connectivity index (χ4v) is 1.61. The van der Waals surface area contributed by atoms with Crippen molar-refractivity contribution in [2.75, 3.05) is 32.8 Å². The van der Waals surface area contributed by atoms with Crippen molar-refractivity contribution in [1.29, 1.82) is 0 Å². The van der Waals surface area contributed by atoms with Crippen LogP contribution in [0.15, 0.2) is 0 Å². The van der Waals surface area contributed by atoms with Crippen LogP contribution in [0.4, 0.5) is 0 Å². The molecule has 86 valence electrons. The summed E-state index contributed by atoms with van der Waals surface area (Å²) >= 11 is 0. The number of nitrogens with one attached hydrogen (secondary N) is 2. The summed E-state index contributed by atoms with van der Waals surface area (Å²) in [7, 11) is 0. The van der Waals surface area contributed by atoms with E-state index < -0.39 is 6.04 Å². The molecule has 1 aliphatic rings. The first-order valence-corrected chi connectivity index (χ1v) is 5.03. The number of rotatable bonds is 3. The maximum absolute atomic E-state index is 11.6. The molecule has 0 aromatic heterocycles. The van der Waals surface area contributed by atoms with Gasteiger partial charge < -0.3 is 20.6 Å². The highest BCUT2D eigenvalue weighted by molar-refractivity contribution is 5.87. The van der Waals surface area contributed by atoms with Crippen LogP contribution in [-0.2, 0) is 9.59 Å². The molecule has 15 heavy (non-hydrogen) atoms. The van der Waals surface area contributed by atoms with E-state index in [0.29, 0.717) is 19.6 Å². The zero-order chi connectivity index (χ0) is 11.3. The molecule has 0 aliphatic carbocycles. The third kappa shape index (κ3) is 3.17. The summed E-state index contributed by atoms with van der Waals surface area (Å²) in [6.07, 6.45) is 0. The van der Waals surface area contributed by atoms with E-state index in [0.717, 1.165) is 0 Å². The van der Waals surface area contributed by atoms with Crippen molar-refractivity contribution in [2.24, 2.45) is 0 Å². The van der Waals surface area contributed by atoms with Gasteiger partial charge in [0, 0.05) is 33.1 Å². The Morgan fingerprint density at radius 3 is 2.93 bits per heavy atom. The fraction of sp³-hybridized carbons (Fsp3) is 0.778. The number of hydrogen-bond donors (Lipinski definition) is 3. The number of nitrogens with zero attached hydrogens (tertiary/aromatic N) is 1. The Balaban J connectivity index is 2.55. The van der Waals surface area contributed by atoms with Crippen LogP contribution in [-0.4, -0.2) is 60.6 Å². The third-order valence-electron chi connectivity index (χ3n) is 2.36. The molecule has 1 saturated heterocycles. The average molecular weight is 215 g/mol. The molecule has 1 atom stereocenters. The van der Waals surface area contributed by atoms with Crippen LogP contribution >= 0.6 is 0 Å². The second-order valence-electron chi connectivity index (χ2n) is 3.45. The van der Waals surface area contributed by atoms with Gasteiger partial charge in [0.05, 0.1) is 6.61 Å². The molecular formula is C9H17N3O3. The van der Waals surface area contributed by atoms with Crippen LogP contribution in [0.5, 0.6) is 0 Å². The van der Waals surface area contributed by atoms with Crippen molar-refractivity contribution >= 4 is 11.8 Å². The molecule has 2 amide bonds. The molecule has 0 spiro atoms. The first kappa shape index (κ1) is 11.9. The summed E-state index contributed by atoms with van der Waals surface area (Å²) < 4.78 is 0. The van der Waals surface area contributed by atoms with Gasteiger partial charge in [-0.1, -0.05) is 0 Å². The lowest BCUT2D eigenvalue weighted by molar-refractivity contribution is -0.140. The zero-order valence-electron chi connectivity index (χ0n) is 8.82. The van der Waals surface area contributed by atoms with Crippen molar-refractivity contribution < 1.29 is 14.7 Å². The van der Waals surface area contributed by atoms with E-state index in [9.17, 15) is 9.59 Å². The Hall–Kier alpha value is -1.14. The maximum atomic E-state index is 11.6. The predicted molar refractivity (Wildman–Crippen MR) is 54.1 cm³/mol. The number of carbonyl (C=O) groups is 2. The van der Waals surface area contributed by atoms with Gasteiger partial charge in [0.1, 0.15) is 6.04 Å². The number of aliphatic hydroxyl groups is 1. The average Bonchev–Trinajstić information content (AvgIpc) is 2.25. The van der Waals surface area contributed by atoms with Gasteiger partial charge in [-0.15, -0.1) is 0 Å². The molecule has 1 heterocycles. The first-order valence-electron chi connectivity index (χ1n) is 5.03. The Morgan fingerprint density at radius 1 is 1.60 bits per heavy atom. The smallest absolute Gasteiger partial charge is 0.244 e. The molecule has 0 aromatic rings. The molecule has 1 unspecified atom stereocenters. The number of piperazine rings is 1. The monoisotopic (exact) mass is 215 g/mol. The quantitative estimate of drug-likeness (QED) is 0.504. The summed E-state index contributed by atoms with van der Waals surface area (Å²) in [5.74, 6) is -0.313. The number of carbonyl (C=O) groups excluding carboxylic acids is 2. The van der Waals surface area contributed by atoms with Crippen molar-refractivity contribution in [3.05, 3.63) is 0 Å². The second-order valence-corrected chi connectivity index (χ2v) is 3.45. The predicted octanol–water partition coefficient (Wildman–Crippen LogP) is -2.08. The van der Waals surface area contributed by atoms with Crippen LogP contribution in [0.2, 0.25) is 0 Å². The Bertz CT molecular complexity index is 245.